The maximum atomic E-state index is 12.6. The fourth-order valence-electron chi connectivity index (χ4n) is 4.27. The Balaban J connectivity index is 1.20. The molecule has 2 aliphatic heterocycles. The van der Waals surface area contributed by atoms with E-state index in [0.717, 1.165) is 10.3 Å². The molecule has 11 heteroatoms. The van der Waals surface area contributed by atoms with Gasteiger partial charge in [0.05, 0.1) is 6.54 Å². The first-order chi connectivity index (χ1) is 16.9. The van der Waals surface area contributed by atoms with Gasteiger partial charge in [-0.25, -0.2) is 4.79 Å². The highest BCUT2D eigenvalue weighted by Gasteiger charge is 2.60. The normalized spacial score (nSPS) is 17.0. The largest absolute Gasteiger partial charge is 0.492 e. The molecule has 0 saturated carbocycles. The summed E-state index contributed by atoms with van der Waals surface area (Å²) in [6.07, 6.45) is -0.0574. The Bertz CT molecular complexity index is 1310. The molecule has 3 N–H and O–H groups in total. The summed E-state index contributed by atoms with van der Waals surface area (Å²) in [6.45, 7) is 0.393. The van der Waals surface area contributed by atoms with E-state index in [1.165, 1.54) is 0 Å². The first kappa shape index (κ1) is 22.1. The van der Waals surface area contributed by atoms with Crippen LogP contribution < -0.4 is 25.6 Å². The van der Waals surface area contributed by atoms with Gasteiger partial charge in [-0.15, -0.1) is 0 Å². The van der Waals surface area contributed by atoms with Gasteiger partial charge in [-0.1, -0.05) is 18.2 Å². The summed E-state index contributed by atoms with van der Waals surface area (Å²) in [6, 6.07) is 14.3. The van der Waals surface area contributed by atoms with Crippen LogP contribution >= 0.6 is 0 Å². The molecule has 178 valence electrons. The van der Waals surface area contributed by atoms with Crippen molar-refractivity contribution in [2.24, 2.45) is 0 Å². The van der Waals surface area contributed by atoms with E-state index in [0.29, 0.717) is 17.0 Å². The van der Waals surface area contributed by atoms with Gasteiger partial charge in [-0.05, 0) is 42.8 Å². The third-order valence-electron chi connectivity index (χ3n) is 5.94. The standard InChI is InChI=1S/C24H20N4O7/c29-19-9-10-24(21(31)26-23(33)27-22(24)32)28(19)15-5-7-16(8-6-15)34-12-11-25-20(30)18-13-14-3-1-2-4-17(14)35-18/h1-8,13H,9-12H2,(H,25,30)(H2,26,27,31,32,33). The van der Waals surface area contributed by atoms with Crippen LogP contribution in [0.25, 0.3) is 11.0 Å². The van der Waals surface area contributed by atoms with Crippen molar-refractivity contribution in [1.29, 1.82) is 0 Å². The summed E-state index contributed by atoms with van der Waals surface area (Å²) in [7, 11) is 0. The fourth-order valence-corrected chi connectivity index (χ4v) is 4.27. The second-order valence-electron chi connectivity index (χ2n) is 8.07. The minimum absolute atomic E-state index is 0.0157. The lowest BCUT2D eigenvalue weighted by molar-refractivity contribution is -0.138. The second-order valence-corrected chi connectivity index (χ2v) is 8.07. The summed E-state index contributed by atoms with van der Waals surface area (Å²) in [5.41, 5.74) is -0.867. The number of benzene rings is 2. The highest BCUT2D eigenvalue weighted by atomic mass is 16.5. The lowest BCUT2D eigenvalue weighted by atomic mass is 9.91. The molecule has 2 saturated heterocycles. The molecule has 2 fully saturated rings. The molecule has 2 aliphatic rings. The molecular weight excluding hydrogens is 456 g/mol. The van der Waals surface area contributed by atoms with Crippen LogP contribution in [0.2, 0.25) is 0 Å². The van der Waals surface area contributed by atoms with Crippen LogP contribution in [0.3, 0.4) is 0 Å². The fraction of sp³-hybridized carbons (Fsp3) is 0.208. The monoisotopic (exact) mass is 476 g/mol. The van der Waals surface area contributed by atoms with Crippen molar-refractivity contribution in [3.63, 3.8) is 0 Å². The zero-order valence-electron chi connectivity index (χ0n) is 18.3. The molecule has 0 unspecified atom stereocenters. The average molecular weight is 476 g/mol. The number of urea groups is 1. The molecule has 0 atom stereocenters. The van der Waals surface area contributed by atoms with Gasteiger partial charge in [0.25, 0.3) is 17.7 Å². The van der Waals surface area contributed by atoms with Crippen molar-refractivity contribution in [2.45, 2.75) is 18.4 Å². The van der Waals surface area contributed by atoms with Crippen LogP contribution in [0.4, 0.5) is 10.5 Å². The van der Waals surface area contributed by atoms with Crippen LogP contribution in [-0.4, -0.2) is 48.4 Å². The van der Waals surface area contributed by atoms with Crippen molar-refractivity contribution >= 4 is 46.3 Å². The number of para-hydroxylation sites is 1. The molecule has 5 rings (SSSR count). The average Bonchev–Trinajstić information content (AvgIpc) is 3.43. The lowest BCUT2D eigenvalue weighted by Crippen LogP contribution is -2.72. The Hall–Kier alpha value is -4.67. The number of amides is 6. The van der Waals surface area contributed by atoms with Gasteiger partial charge in [0.1, 0.15) is 17.9 Å². The van der Waals surface area contributed by atoms with Gasteiger partial charge in [-0.2, -0.15) is 0 Å². The summed E-state index contributed by atoms with van der Waals surface area (Å²) >= 11 is 0. The van der Waals surface area contributed by atoms with E-state index in [-0.39, 0.29) is 37.7 Å². The molecule has 6 amide bonds. The molecular formula is C24H20N4O7. The molecule has 3 aromatic rings. The number of anilines is 1. The third-order valence-corrected chi connectivity index (χ3v) is 5.94. The second kappa shape index (κ2) is 8.60. The maximum Gasteiger partial charge on any atom is 0.328 e. The lowest BCUT2D eigenvalue weighted by Gasteiger charge is -2.37. The van der Waals surface area contributed by atoms with E-state index in [1.807, 2.05) is 18.2 Å². The molecule has 35 heavy (non-hydrogen) atoms. The highest BCUT2D eigenvalue weighted by Crippen LogP contribution is 2.37. The number of furan rings is 1. The minimum atomic E-state index is -1.81. The van der Waals surface area contributed by atoms with Crippen molar-refractivity contribution in [2.75, 3.05) is 18.1 Å². The van der Waals surface area contributed by atoms with E-state index in [1.54, 1.807) is 36.4 Å². The van der Waals surface area contributed by atoms with Gasteiger partial charge in [0.2, 0.25) is 11.4 Å². The van der Waals surface area contributed by atoms with Gasteiger partial charge in [0.15, 0.2) is 5.76 Å². The SMILES string of the molecule is O=C1NC(=O)C2(CCC(=O)N2c2ccc(OCCNC(=O)c3cc4ccccc4o3)cc2)C(=O)N1. The first-order valence-electron chi connectivity index (χ1n) is 10.9. The Morgan fingerprint density at radius 1 is 1.03 bits per heavy atom. The topological polar surface area (TPSA) is 147 Å². The number of fused-ring (bicyclic) bond motifs is 1. The van der Waals surface area contributed by atoms with Crippen molar-refractivity contribution in [1.82, 2.24) is 16.0 Å². The molecule has 3 heterocycles. The predicted octanol–water partition coefficient (Wildman–Crippen LogP) is 1.47. The van der Waals surface area contributed by atoms with E-state index in [9.17, 15) is 24.0 Å². The van der Waals surface area contributed by atoms with Crippen LogP contribution in [0.15, 0.2) is 59.0 Å². The van der Waals surface area contributed by atoms with Crippen LogP contribution in [-0.2, 0) is 14.4 Å². The number of carbonyl (C=O) groups is 5. The molecule has 0 radical (unpaired) electrons. The minimum Gasteiger partial charge on any atom is -0.492 e. The van der Waals surface area contributed by atoms with Crippen molar-refractivity contribution in [3.8, 4) is 5.75 Å². The number of barbiturate groups is 1. The molecule has 0 bridgehead atoms. The van der Waals surface area contributed by atoms with Crippen LogP contribution in [0.1, 0.15) is 23.4 Å². The highest BCUT2D eigenvalue weighted by molar-refractivity contribution is 6.28. The van der Waals surface area contributed by atoms with Gasteiger partial charge in [0, 0.05) is 17.5 Å². The molecule has 1 aromatic heterocycles. The number of ether oxygens (including phenoxy) is 1. The van der Waals surface area contributed by atoms with E-state index in [4.69, 9.17) is 9.15 Å². The number of nitrogens with one attached hydrogen (secondary N) is 3. The smallest absolute Gasteiger partial charge is 0.328 e. The zero-order chi connectivity index (χ0) is 24.6. The number of hydrogen-bond acceptors (Lipinski definition) is 7. The maximum absolute atomic E-state index is 12.6. The number of imide groups is 2. The number of hydrogen-bond donors (Lipinski definition) is 3. The van der Waals surface area contributed by atoms with Crippen molar-refractivity contribution < 1.29 is 33.1 Å². The molecule has 0 aliphatic carbocycles. The van der Waals surface area contributed by atoms with Gasteiger partial charge < -0.3 is 14.5 Å². The molecule has 11 nitrogen and oxygen atoms in total. The summed E-state index contributed by atoms with van der Waals surface area (Å²) < 4.78 is 11.2. The van der Waals surface area contributed by atoms with Gasteiger partial charge >= 0.3 is 6.03 Å². The summed E-state index contributed by atoms with van der Waals surface area (Å²) in [5, 5.41) is 7.69. The van der Waals surface area contributed by atoms with E-state index < -0.39 is 29.3 Å². The number of nitrogens with zero attached hydrogens (tertiary/aromatic N) is 1. The summed E-state index contributed by atoms with van der Waals surface area (Å²) in [5.74, 6) is -1.78. The Morgan fingerprint density at radius 3 is 2.46 bits per heavy atom. The van der Waals surface area contributed by atoms with Gasteiger partial charge in [-0.3, -0.25) is 34.7 Å². The molecule has 2 aromatic carbocycles. The Morgan fingerprint density at radius 2 is 1.74 bits per heavy atom. The molecule has 1 spiro atoms. The zero-order valence-corrected chi connectivity index (χ0v) is 18.3. The van der Waals surface area contributed by atoms with Crippen LogP contribution in [0, 0.1) is 0 Å². The van der Waals surface area contributed by atoms with Crippen molar-refractivity contribution in [3.05, 3.63) is 60.4 Å². The van der Waals surface area contributed by atoms with E-state index in [2.05, 4.69) is 16.0 Å². The first-order valence-corrected chi connectivity index (χ1v) is 10.9. The summed E-state index contributed by atoms with van der Waals surface area (Å²) in [4.78, 5) is 62.6. The Kier molecular flexibility index (Phi) is 5.44. The van der Waals surface area contributed by atoms with Crippen LogP contribution in [0.5, 0.6) is 5.75 Å². The quantitative estimate of drug-likeness (QED) is 0.361. The third kappa shape index (κ3) is 3.86. The predicted molar refractivity (Wildman–Crippen MR) is 122 cm³/mol. The number of carbonyl (C=O) groups excluding carboxylic acids is 5. The van der Waals surface area contributed by atoms with E-state index >= 15 is 0 Å². The number of rotatable bonds is 6. The Labute approximate surface area is 198 Å².